The quantitative estimate of drug-likeness (QED) is 0.132. The third kappa shape index (κ3) is 7.84. The van der Waals surface area contributed by atoms with Gasteiger partial charge in [-0.25, -0.2) is 32.9 Å². The third-order valence-corrected chi connectivity index (χ3v) is 8.96. The Bertz CT molecular complexity index is 2150. The number of nitrogens with one attached hydrogen (secondary N) is 1. The number of aliphatic hydroxyl groups is 1. The van der Waals surface area contributed by atoms with Crippen molar-refractivity contribution in [1.29, 1.82) is 0 Å². The van der Waals surface area contributed by atoms with Crippen LogP contribution in [0.5, 0.6) is 0 Å². The largest absolute Gasteiger partial charge is 0.444 e. The fourth-order valence-electron chi connectivity index (χ4n) is 6.33. The van der Waals surface area contributed by atoms with E-state index >= 15 is 4.79 Å². The molecule has 12 nitrogen and oxygen atoms in total. The maximum absolute atomic E-state index is 15.1. The molecule has 2 N–H and O–H groups in total. The Morgan fingerprint density at radius 3 is 2.35 bits per heavy atom. The van der Waals surface area contributed by atoms with Crippen LogP contribution in [-0.2, 0) is 21.7 Å². The minimum Gasteiger partial charge on any atom is -0.444 e. The summed E-state index contributed by atoms with van der Waals surface area (Å²) in [5.41, 5.74) is 0.0926. The lowest BCUT2D eigenvalue weighted by Crippen LogP contribution is -2.49. The molecule has 2 aromatic heterocycles. The van der Waals surface area contributed by atoms with Gasteiger partial charge in [-0.15, -0.1) is 0 Å². The van der Waals surface area contributed by atoms with Crippen molar-refractivity contribution in [3.05, 3.63) is 119 Å². The summed E-state index contributed by atoms with van der Waals surface area (Å²) in [6.45, 7) is 2.09. The molecule has 0 aliphatic carbocycles. The van der Waals surface area contributed by atoms with E-state index in [1.807, 2.05) is 26.8 Å². The summed E-state index contributed by atoms with van der Waals surface area (Å²) in [5, 5.41) is 21.2. The van der Waals surface area contributed by atoms with E-state index in [1.165, 1.54) is 30.6 Å². The van der Waals surface area contributed by atoms with Crippen molar-refractivity contribution in [2.24, 2.45) is 10.4 Å². The average Bonchev–Trinajstić information content (AvgIpc) is 3.89. The Morgan fingerprint density at radius 2 is 1.72 bits per heavy atom. The second kappa shape index (κ2) is 15.4. The molecule has 2 atom stereocenters. The van der Waals surface area contributed by atoms with Crippen molar-refractivity contribution in [1.82, 2.24) is 34.8 Å². The molecule has 2 amide bonds. The van der Waals surface area contributed by atoms with Crippen LogP contribution < -0.4 is 5.32 Å². The highest BCUT2D eigenvalue weighted by molar-refractivity contribution is 6.32. The highest BCUT2D eigenvalue weighted by atomic mass is 35.5. The fraction of sp³-hybridized carbons (Fsp3) is 0.297. The molecule has 1 aliphatic heterocycles. The molecule has 0 unspecified atom stereocenters. The van der Waals surface area contributed by atoms with Gasteiger partial charge in [0.05, 0.1) is 29.6 Å². The van der Waals surface area contributed by atoms with Crippen molar-refractivity contribution in [3.63, 3.8) is 0 Å². The molecular formula is C37H35ClF4N8O4. The number of hydrogen-bond donors (Lipinski definition) is 2. The summed E-state index contributed by atoms with van der Waals surface area (Å²) < 4.78 is 61.0. The Balaban J connectivity index is 1.44. The zero-order chi connectivity index (χ0) is 38.8. The van der Waals surface area contributed by atoms with Crippen LogP contribution >= 0.6 is 11.6 Å². The number of aliphatic imine (C=N–C) groups is 1. The second-order valence-electron chi connectivity index (χ2n) is 13.7. The van der Waals surface area contributed by atoms with Gasteiger partial charge in [0, 0.05) is 11.8 Å². The van der Waals surface area contributed by atoms with E-state index in [4.69, 9.17) is 21.3 Å². The minimum atomic E-state index is -2.99. The van der Waals surface area contributed by atoms with E-state index < -0.39 is 54.4 Å². The van der Waals surface area contributed by atoms with Crippen molar-refractivity contribution in [2.45, 2.75) is 58.4 Å². The molecule has 3 aromatic carbocycles. The van der Waals surface area contributed by atoms with Crippen molar-refractivity contribution in [2.75, 3.05) is 6.61 Å². The van der Waals surface area contributed by atoms with Crippen LogP contribution in [0.1, 0.15) is 68.7 Å². The number of hydrogen-bond acceptors (Lipinski definition) is 8. The number of halogens is 5. The monoisotopic (exact) mass is 766 g/mol. The topological polar surface area (TPSA) is 140 Å². The number of carbonyl (C=O) groups excluding carboxylic acids is 2. The maximum atomic E-state index is 15.1. The van der Waals surface area contributed by atoms with Gasteiger partial charge in [-0.05, 0) is 46.2 Å². The second-order valence-corrected chi connectivity index (χ2v) is 14.1. The fourth-order valence-corrected chi connectivity index (χ4v) is 6.53. The number of aliphatic hydroxyl groups excluding tert-OH is 1. The van der Waals surface area contributed by atoms with Crippen LogP contribution in [0.3, 0.4) is 0 Å². The third-order valence-electron chi connectivity index (χ3n) is 8.64. The molecule has 0 spiro atoms. The lowest BCUT2D eigenvalue weighted by molar-refractivity contribution is -0.135. The van der Waals surface area contributed by atoms with Crippen molar-refractivity contribution >= 4 is 29.6 Å². The molecule has 282 valence electrons. The number of amides is 2. The molecule has 54 heavy (non-hydrogen) atoms. The summed E-state index contributed by atoms with van der Waals surface area (Å²) >= 11 is 6.44. The first kappa shape index (κ1) is 38.1. The van der Waals surface area contributed by atoms with E-state index in [9.17, 15) is 27.5 Å². The van der Waals surface area contributed by atoms with Crippen LogP contribution in [0.2, 0.25) is 5.02 Å². The summed E-state index contributed by atoms with van der Waals surface area (Å²) in [6.07, 6.45) is -0.370. The molecule has 0 radical (unpaired) electrons. The zero-order valence-electron chi connectivity index (χ0n) is 29.2. The number of ether oxygens (including phenoxy) is 1. The van der Waals surface area contributed by atoms with Gasteiger partial charge in [-0.3, -0.25) is 15.0 Å². The molecule has 1 aliphatic rings. The number of alkyl carbamates (subject to hydrolysis) is 1. The molecule has 0 bridgehead atoms. The Hall–Kier alpha value is -5.61. The normalized spacial score (nSPS) is 16.6. The predicted molar refractivity (Wildman–Crippen MR) is 190 cm³/mol. The lowest BCUT2D eigenvalue weighted by atomic mass is 9.75. The van der Waals surface area contributed by atoms with Gasteiger partial charge in [-0.1, -0.05) is 93.0 Å². The van der Waals surface area contributed by atoms with Crippen LogP contribution in [0.15, 0.2) is 96.5 Å². The van der Waals surface area contributed by atoms with E-state index in [1.54, 1.807) is 48.5 Å². The lowest BCUT2D eigenvalue weighted by Gasteiger charge is -2.34. The van der Waals surface area contributed by atoms with Gasteiger partial charge in [0.1, 0.15) is 12.9 Å². The first-order valence-corrected chi connectivity index (χ1v) is 17.0. The van der Waals surface area contributed by atoms with E-state index in [2.05, 4.69) is 20.5 Å². The van der Waals surface area contributed by atoms with Crippen molar-refractivity contribution in [3.8, 4) is 16.8 Å². The van der Waals surface area contributed by atoms with Gasteiger partial charge in [0.15, 0.2) is 11.4 Å². The maximum Gasteiger partial charge on any atom is 0.414 e. The molecule has 0 saturated heterocycles. The summed E-state index contributed by atoms with van der Waals surface area (Å²) in [4.78, 5) is 38.1. The number of carbonyl (C=O) groups is 2. The van der Waals surface area contributed by atoms with Gasteiger partial charge in [-0.2, -0.15) is 19.0 Å². The minimum absolute atomic E-state index is 0.00693. The van der Waals surface area contributed by atoms with E-state index in [0.717, 1.165) is 15.9 Å². The van der Waals surface area contributed by atoms with E-state index in [0.29, 0.717) is 26.9 Å². The smallest absolute Gasteiger partial charge is 0.414 e. The molecule has 17 heteroatoms. The molecule has 6 rings (SSSR count). The highest BCUT2D eigenvalue weighted by Crippen LogP contribution is 2.45. The Morgan fingerprint density at radius 1 is 1.00 bits per heavy atom. The van der Waals surface area contributed by atoms with Gasteiger partial charge < -0.3 is 9.84 Å². The van der Waals surface area contributed by atoms with E-state index in [-0.39, 0.29) is 35.3 Å². The SMILES string of the molecule is CC(C)(C)C[C@]1(c2ccc(-c3cnn(C(F)F)c3)cc2)N=C(NC(=O)OCc2ccccc2)N([C@H](CO)c2ccc(Cl)c(-n3ncnc3C(F)F)c2)C1=O. The molecule has 0 saturated carbocycles. The van der Waals surface area contributed by atoms with Gasteiger partial charge in [0.2, 0.25) is 5.96 Å². The predicted octanol–water partition coefficient (Wildman–Crippen LogP) is 7.61. The number of aromatic nitrogens is 5. The standard InChI is InChI=1S/C37H35ClF4N8O4/c1-36(2,3)20-37(26-12-9-23(10-13-26)25-16-44-48(17-25)33(41)42)32(52)49(34(47-37)46-35(53)54-19-22-7-5-4-6-8-22)29(18-51)24-11-14-27(38)28(15-24)50-31(30(39)40)43-21-45-50/h4-17,21,29-30,33,51H,18-20H2,1-3H3,(H,46,47,53)/t29-,37-/m1/s1. The number of guanidine groups is 1. The molecule has 3 heterocycles. The zero-order valence-corrected chi connectivity index (χ0v) is 30.0. The van der Waals surface area contributed by atoms with Gasteiger partial charge in [0.25, 0.3) is 12.3 Å². The molecule has 0 fully saturated rings. The highest BCUT2D eigenvalue weighted by Gasteiger charge is 2.54. The Labute approximate surface area is 312 Å². The first-order chi connectivity index (χ1) is 25.7. The van der Waals surface area contributed by atoms with Crippen molar-refractivity contribution < 1.29 is 37.0 Å². The van der Waals surface area contributed by atoms with Crippen LogP contribution in [-0.4, -0.2) is 59.1 Å². The van der Waals surface area contributed by atoms with Crippen LogP contribution in [0, 0.1) is 5.41 Å². The number of rotatable bonds is 11. The number of benzene rings is 3. The van der Waals surface area contributed by atoms with Crippen LogP contribution in [0.25, 0.3) is 16.8 Å². The molecule has 5 aromatic rings. The number of alkyl halides is 4. The van der Waals surface area contributed by atoms with Crippen LogP contribution in [0.4, 0.5) is 22.4 Å². The summed E-state index contributed by atoms with van der Waals surface area (Å²) in [6, 6.07) is 18.5. The average molecular weight is 767 g/mol. The first-order valence-electron chi connectivity index (χ1n) is 16.6. The summed E-state index contributed by atoms with van der Waals surface area (Å²) in [7, 11) is 0. The van der Waals surface area contributed by atoms with Gasteiger partial charge >= 0.3 is 12.6 Å². The Kier molecular flexibility index (Phi) is 10.9. The summed E-state index contributed by atoms with van der Waals surface area (Å²) in [5.74, 6) is -1.54. The molecular weight excluding hydrogens is 732 g/mol. The number of nitrogens with zero attached hydrogens (tertiary/aromatic N) is 7.